The van der Waals surface area contributed by atoms with Crippen LogP contribution in [-0.2, 0) is 0 Å². The molecule has 3 aromatic heterocycles. The average molecular weight is 750 g/mol. The van der Waals surface area contributed by atoms with Gasteiger partial charge in [-0.25, -0.2) is 4.99 Å². The predicted molar refractivity (Wildman–Crippen MR) is 237 cm³/mol. The standard InChI is InChI=1S/C51H32N4OS/c1-3-13-31(14-4-1)49-52-50(32-15-5-2-6-16-32)54-51(53-49)41-21-12-24-46-47(41)40-20-11-19-35(48(40)57-46)33-25-27-38-39-28-26-34(30-45(39)56-44(38)29-33)55-42-22-9-7-17-36(42)37-18-8-10-23-43(37)55/h1-30,51H,(H,52,53,54)/p+1. The number of rotatable bonds is 5. The summed E-state index contributed by atoms with van der Waals surface area (Å²) in [5, 5.41) is 9.42. The second kappa shape index (κ2) is 12.7. The zero-order chi connectivity index (χ0) is 37.5. The van der Waals surface area contributed by atoms with Crippen LogP contribution in [0.4, 0.5) is 0 Å². The monoisotopic (exact) mass is 749 g/mol. The molecule has 1 unspecified atom stereocenters. The van der Waals surface area contributed by atoms with Crippen molar-refractivity contribution in [3.05, 3.63) is 199 Å². The first kappa shape index (κ1) is 32.2. The molecule has 1 aliphatic heterocycles. The molecule has 0 aliphatic carbocycles. The quantitative estimate of drug-likeness (QED) is 0.187. The lowest BCUT2D eigenvalue weighted by Gasteiger charge is -2.20. The molecule has 5 nitrogen and oxygen atoms in total. The summed E-state index contributed by atoms with van der Waals surface area (Å²) in [5.74, 6) is 1.69. The van der Waals surface area contributed by atoms with Gasteiger partial charge in [-0.1, -0.05) is 121 Å². The van der Waals surface area contributed by atoms with Crippen LogP contribution in [0.3, 0.4) is 0 Å². The lowest BCUT2D eigenvalue weighted by Crippen LogP contribution is -2.90. The Hall–Kier alpha value is -7.12. The summed E-state index contributed by atoms with van der Waals surface area (Å²) in [4.78, 5) is 10.4. The van der Waals surface area contributed by atoms with Crippen LogP contribution < -0.4 is 5.32 Å². The molecule has 0 bridgehead atoms. The van der Waals surface area contributed by atoms with Crippen molar-refractivity contribution < 1.29 is 9.73 Å². The lowest BCUT2D eigenvalue weighted by atomic mass is 9.98. The molecular weight excluding hydrogens is 717 g/mol. The van der Waals surface area contributed by atoms with Gasteiger partial charge in [0.05, 0.1) is 16.6 Å². The Morgan fingerprint density at radius 1 is 0.526 bits per heavy atom. The number of aliphatic imine (C=N–C) groups is 2. The van der Waals surface area contributed by atoms with Gasteiger partial charge in [-0.2, -0.15) is 4.99 Å². The van der Waals surface area contributed by atoms with Crippen LogP contribution in [0.15, 0.2) is 196 Å². The zero-order valence-electron chi connectivity index (χ0n) is 30.6. The van der Waals surface area contributed by atoms with Gasteiger partial charge in [0, 0.05) is 64.6 Å². The molecule has 4 heterocycles. The fourth-order valence-electron chi connectivity index (χ4n) is 8.78. The Bertz CT molecular complexity index is 3390. The van der Waals surface area contributed by atoms with E-state index in [0.29, 0.717) is 0 Å². The van der Waals surface area contributed by atoms with Crippen molar-refractivity contribution >= 4 is 86.9 Å². The molecule has 0 radical (unpaired) electrons. The molecule has 6 heteroatoms. The van der Waals surface area contributed by atoms with E-state index in [0.717, 1.165) is 56.0 Å². The van der Waals surface area contributed by atoms with Crippen molar-refractivity contribution in [2.45, 2.75) is 6.17 Å². The maximum atomic E-state index is 6.70. The minimum absolute atomic E-state index is 0.197. The zero-order valence-corrected chi connectivity index (χ0v) is 31.4. The third-order valence-corrected chi connectivity index (χ3v) is 12.6. The van der Waals surface area contributed by atoms with Gasteiger partial charge in [0.25, 0.3) is 0 Å². The fraction of sp³-hybridized carbons (Fsp3) is 0.0196. The third-order valence-electron chi connectivity index (χ3n) is 11.4. The van der Waals surface area contributed by atoms with Crippen molar-refractivity contribution in [3.8, 4) is 16.8 Å². The second-order valence-electron chi connectivity index (χ2n) is 14.7. The molecule has 8 aromatic carbocycles. The molecule has 0 saturated heterocycles. The molecule has 1 atom stereocenters. The van der Waals surface area contributed by atoms with E-state index >= 15 is 0 Å². The van der Waals surface area contributed by atoms with Crippen LogP contribution in [0.25, 0.3) is 80.7 Å². The molecule has 1 aliphatic rings. The van der Waals surface area contributed by atoms with E-state index in [4.69, 9.17) is 14.4 Å². The summed E-state index contributed by atoms with van der Waals surface area (Å²) in [5.41, 5.74) is 10.8. The molecule has 2 N–H and O–H groups in total. The number of furan rings is 1. The Labute approximate surface area is 331 Å². The lowest BCUT2D eigenvalue weighted by molar-refractivity contribution is -0.586. The molecule has 11 aromatic rings. The normalized spacial score (nSPS) is 14.6. The van der Waals surface area contributed by atoms with Gasteiger partial charge in [-0.05, 0) is 65.7 Å². The number of hydrogen-bond acceptors (Lipinski definition) is 4. The topological polar surface area (TPSA) is 59.4 Å². The second-order valence-corrected chi connectivity index (χ2v) is 15.7. The predicted octanol–water partition coefficient (Wildman–Crippen LogP) is 12.2. The van der Waals surface area contributed by atoms with E-state index in [1.54, 1.807) is 0 Å². The number of thiophene rings is 1. The maximum absolute atomic E-state index is 6.70. The number of benzene rings is 8. The fourth-order valence-corrected chi connectivity index (χ4v) is 10.0. The minimum Gasteiger partial charge on any atom is -0.456 e. The molecule has 268 valence electrons. The Morgan fingerprint density at radius 3 is 1.95 bits per heavy atom. The molecule has 57 heavy (non-hydrogen) atoms. The van der Waals surface area contributed by atoms with Gasteiger partial charge in [-0.3, -0.25) is 5.32 Å². The van der Waals surface area contributed by atoms with Crippen LogP contribution >= 0.6 is 11.3 Å². The minimum atomic E-state index is -0.197. The van der Waals surface area contributed by atoms with Gasteiger partial charge in [0.2, 0.25) is 12.0 Å². The number of hydrogen-bond donors (Lipinski definition) is 1. The highest BCUT2D eigenvalue weighted by Gasteiger charge is 2.28. The first-order chi connectivity index (χ1) is 28.2. The summed E-state index contributed by atoms with van der Waals surface area (Å²) < 4.78 is 11.5. The van der Waals surface area contributed by atoms with Crippen molar-refractivity contribution in [1.82, 2.24) is 4.57 Å². The van der Waals surface area contributed by atoms with Crippen LogP contribution in [0.1, 0.15) is 22.9 Å². The van der Waals surface area contributed by atoms with E-state index in [1.165, 1.54) is 53.1 Å². The summed E-state index contributed by atoms with van der Waals surface area (Å²) in [6, 6.07) is 64.5. The van der Waals surface area contributed by atoms with E-state index in [1.807, 2.05) is 35.6 Å². The molecule has 0 spiro atoms. The number of amidine groups is 2. The van der Waals surface area contributed by atoms with Crippen LogP contribution in [0.5, 0.6) is 0 Å². The first-order valence-electron chi connectivity index (χ1n) is 19.3. The summed E-state index contributed by atoms with van der Waals surface area (Å²) in [7, 11) is 0. The van der Waals surface area contributed by atoms with Crippen molar-refractivity contribution in [1.29, 1.82) is 0 Å². The summed E-state index contributed by atoms with van der Waals surface area (Å²) >= 11 is 1.84. The number of aromatic nitrogens is 1. The van der Waals surface area contributed by atoms with Crippen LogP contribution in [0, 0.1) is 0 Å². The van der Waals surface area contributed by atoms with Crippen molar-refractivity contribution in [2.75, 3.05) is 0 Å². The van der Waals surface area contributed by atoms with Gasteiger partial charge >= 0.3 is 0 Å². The number of para-hydroxylation sites is 2. The van der Waals surface area contributed by atoms with Crippen LogP contribution in [-0.4, -0.2) is 16.2 Å². The highest BCUT2D eigenvalue weighted by atomic mass is 32.1. The van der Waals surface area contributed by atoms with Crippen molar-refractivity contribution in [2.24, 2.45) is 9.98 Å². The largest absolute Gasteiger partial charge is 0.456 e. The first-order valence-corrected chi connectivity index (χ1v) is 20.1. The number of nitrogens with zero attached hydrogens (tertiary/aromatic N) is 3. The highest BCUT2D eigenvalue weighted by molar-refractivity contribution is 7.26. The number of quaternary nitrogens is 1. The number of nitrogens with two attached hydrogens (primary N) is 1. The number of fused-ring (bicyclic) bond motifs is 9. The molecule has 0 fully saturated rings. The van der Waals surface area contributed by atoms with E-state index in [2.05, 4.69) is 168 Å². The molecule has 0 amide bonds. The highest BCUT2D eigenvalue weighted by Crippen LogP contribution is 2.44. The Kier molecular flexibility index (Phi) is 7.17. The van der Waals surface area contributed by atoms with Gasteiger partial charge in [-0.15, -0.1) is 11.3 Å². The molecular formula is C51H33N4OS+. The smallest absolute Gasteiger partial charge is 0.235 e. The van der Waals surface area contributed by atoms with Gasteiger partial charge in [0.15, 0.2) is 5.84 Å². The Balaban J connectivity index is 0.968. The molecule has 12 rings (SSSR count). The molecule has 0 saturated carbocycles. The maximum Gasteiger partial charge on any atom is 0.235 e. The Morgan fingerprint density at radius 2 is 1.18 bits per heavy atom. The summed E-state index contributed by atoms with van der Waals surface area (Å²) in [6.07, 6.45) is -0.197. The third kappa shape index (κ3) is 5.12. The van der Waals surface area contributed by atoms with Gasteiger partial charge in [0.1, 0.15) is 11.2 Å². The average Bonchev–Trinajstić information content (AvgIpc) is 3.96. The van der Waals surface area contributed by atoms with E-state index in [9.17, 15) is 0 Å². The van der Waals surface area contributed by atoms with E-state index in [-0.39, 0.29) is 6.17 Å². The SMILES string of the molecule is c1ccc(C2=NC(c3cccc4sc5c(-c6ccc7c(c6)oc6cc(-n8c9ccccc9c9ccccc98)ccc67)cccc5c34)[NH2+]C(c3ccccc3)=N2)cc1. The van der Waals surface area contributed by atoms with Crippen molar-refractivity contribution in [3.63, 3.8) is 0 Å². The summed E-state index contributed by atoms with van der Waals surface area (Å²) in [6.45, 7) is 0. The van der Waals surface area contributed by atoms with Gasteiger partial charge < -0.3 is 8.98 Å². The van der Waals surface area contributed by atoms with E-state index < -0.39 is 0 Å². The van der Waals surface area contributed by atoms with Crippen LogP contribution in [0.2, 0.25) is 0 Å².